The lowest BCUT2D eigenvalue weighted by Gasteiger charge is -2.44. The zero-order chi connectivity index (χ0) is 22.9. The molecule has 4 atom stereocenters. The Morgan fingerprint density at radius 2 is 1.72 bits per heavy atom. The second-order valence-corrected chi connectivity index (χ2v) is 10.2. The van der Waals surface area contributed by atoms with Crippen LogP contribution in [0.2, 0.25) is 0 Å². The molecule has 0 aliphatic carbocycles. The van der Waals surface area contributed by atoms with Gasteiger partial charge in [-0.1, -0.05) is 48.5 Å². The van der Waals surface area contributed by atoms with E-state index < -0.39 is 28.9 Å². The molecule has 2 aliphatic heterocycles. The Labute approximate surface area is 191 Å². The lowest BCUT2D eigenvalue weighted by Crippen LogP contribution is -2.71. The molecule has 0 radical (unpaired) electrons. The van der Waals surface area contributed by atoms with Crippen LogP contribution in [0.1, 0.15) is 26.3 Å². The van der Waals surface area contributed by atoms with Crippen molar-refractivity contribution in [3.05, 3.63) is 66.2 Å². The summed E-state index contributed by atoms with van der Waals surface area (Å²) >= 11 is 1.49. The molecule has 2 saturated heterocycles. The highest BCUT2D eigenvalue weighted by atomic mass is 32.2. The Morgan fingerprint density at radius 3 is 2.38 bits per heavy atom. The first kappa shape index (κ1) is 22.2. The van der Waals surface area contributed by atoms with Crippen molar-refractivity contribution in [3.63, 3.8) is 0 Å². The van der Waals surface area contributed by atoms with E-state index in [1.807, 2.05) is 62.4 Å². The maximum absolute atomic E-state index is 12.9. The van der Waals surface area contributed by atoms with E-state index in [0.717, 1.165) is 5.56 Å². The van der Waals surface area contributed by atoms with E-state index in [0.29, 0.717) is 5.75 Å². The summed E-state index contributed by atoms with van der Waals surface area (Å²) in [5, 5.41) is 2.46. The summed E-state index contributed by atoms with van der Waals surface area (Å²) in [6, 6.07) is 17.0. The molecular weight excluding hydrogens is 428 g/mol. The van der Waals surface area contributed by atoms with E-state index in [-0.39, 0.29) is 23.8 Å². The number of benzene rings is 2. The van der Waals surface area contributed by atoms with Crippen molar-refractivity contribution in [1.29, 1.82) is 0 Å². The van der Waals surface area contributed by atoms with Crippen LogP contribution < -0.4 is 10.1 Å². The molecule has 4 rings (SSSR count). The first-order chi connectivity index (χ1) is 15.3. The number of β-lactam (4-membered cyclic amide) rings is 1. The van der Waals surface area contributed by atoms with Crippen molar-refractivity contribution >= 4 is 29.5 Å². The zero-order valence-corrected chi connectivity index (χ0v) is 19.0. The first-order valence-electron chi connectivity index (χ1n) is 10.5. The molecule has 168 valence electrons. The van der Waals surface area contributed by atoms with Gasteiger partial charge in [0.2, 0.25) is 5.91 Å². The molecule has 0 saturated carbocycles. The van der Waals surface area contributed by atoms with Crippen LogP contribution in [0.15, 0.2) is 60.7 Å². The number of esters is 1. The van der Waals surface area contributed by atoms with E-state index in [4.69, 9.17) is 9.47 Å². The van der Waals surface area contributed by atoms with E-state index in [9.17, 15) is 14.4 Å². The monoisotopic (exact) mass is 454 g/mol. The van der Waals surface area contributed by atoms with Crippen LogP contribution >= 0.6 is 11.8 Å². The summed E-state index contributed by atoms with van der Waals surface area (Å²) in [6.07, 6.45) is -0.759. The van der Waals surface area contributed by atoms with Crippen LogP contribution in [0.25, 0.3) is 0 Å². The quantitative estimate of drug-likeness (QED) is 0.512. The maximum atomic E-state index is 12.9. The van der Waals surface area contributed by atoms with Crippen LogP contribution in [-0.4, -0.2) is 51.0 Å². The van der Waals surface area contributed by atoms with Crippen LogP contribution in [0.3, 0.4) is 0 Å². The number of hydrogen-bond acceptors (Lipinski definition) is 6. The first-order valence-corrected chi connectivity index (χ1v) is 11.4. The van der Waals surface area contributed by atoms with Gasteiger partial charge < -0.3 is 19.7 Å². The normalized spacial score (nSPS) is 24.2. The maximum Gasteiger partial charge on any atom is 0.330 e. The standard InChI is InChI=1S/C24H26N2O5S/c1-15(31-17-12-8-5-9-13-17)20(27)25-18-21(28)26-19(24(2,3)32-22(18)26)23(29)30-14-16-10-6-4-7-11-16/h4-13,15,18-19,22H,14H2,1-3H3,(H,25,27). The number of carbonyl (C=O) groups excluding carboxylic acids is 3. The fraction of sp³-hybridized carbons (Fsp3) is 0.375. The van der Waals surface area contributed by atoms with Gasteiger partial charge in [0.15, 0.2) is 6.10 Å². The molecule has 2 fully saturated rings. The number of nitrogens with zero attached hydrogens (tertiary/aromatic N) is 1. The highest BCUT2D eigenvalue weighted by molar-refractivity contribution is 8.01. The Bertz CT molecular complexity index is 998. The highest BCUT2D eigenvalue weighted by Crippen LogP contribution is 2.51. The van der Waals surface area contributed by atoms with E-state index in [1.54, 1.807) is 19.1 Å². The van der Waals surface area contributed by atoms with Gasteiger partial charge in [-0.25, -0.2) is 4.79 Å². The molecule has 8 heteroatoms. The van der Waals surface area contributed by atoms with E-state index in [1.165, 1.54) is 16.7 Å². The lowest BCUT2D eigenvalue weighted by molar-refractivity contribution is -0.165. The Balaban J connectivity index is 1.37. The molecule has 1 N–H and O–H groups in total. The minimum Gasteiger partial charge on any atom is -0.481 e. The number of carbonyl (C=O) groups is 3. The predicted molar refractivity (Wildman–Crippen MR) is 121 cm³/mol. The largest absolute Gasteiger partial charge is 0.481 e. The summed E-state index contributed by atoms with van der Waals surface area (Å²) in [4.78, 5) is 39.9. The summed E-state index contributed by atoms with van der Waals surface area (Å²) in [6.45, 7) is 5.62. The molecular formula is C24H26N2O5S. The number of para-hydroxylation sites is 1. The zero-order valence-electron chi connectivity index (χ0n) is 18.2. The van der Waals surface area contributed by atoms with Crippen molar-refractivity contribution in [3.8, 4) is 5.75 Å². The van der Waals surface area contributed by atoms with Crippen molar-refractivity contribution in [2.24, 2.45) is 0 Å². The summed E-state index contributed by atoms with van der Waals surface area (Å²) in [7, 11) is 0. The number of rotatable bonds is 7. The summed E-state index contributed by atoms with van der Waals surface area (Å²) < 4.78 is 10.6. The number of nitrogens with one attached hydrogen (secondary N) is 1. The Hall–Kier alpha value is -3.00. The van der Waals surface area contributed by atoms with Gasteiger partial charge in [0.25, 0.3) is 5.91 Å². The number of amides is 2. The third-order valence-electron chi connectivity index (χ3n) is 5.61. The second-order valence-electron chi connectivity index (χ2n) is 8.41. The topological polar surface area (TPSA) is 84.9 Å². The van der Waals surface area contributed by atoms with E-state index >= 15 is 0 Å². The van der Waals surface area contributed by atoms with E-state index in [2.05, 4.69) is 5.32 Å². The van der Waals surface area contributed by atoms with Gasteiger partial charge in [0.1, 0.15) is 29.8 Å². The third-order valence-corrected chi connectivity index (χ3v) is 7.18. The van der Waals surface area contributed by atoms with Gasteiger partial charge in [-0.2, -0.15) is 0 Å². The van der Waals surface area contributed by atoms with Crippen molar-refractivity contribution in [2.45, 2.75) is 55.7 Å². The van der Waals surface area contributed by atoms with Gasteiger partial charge in [0, 0.05) is 4.75 Å². The highest BCUT2D eigenvalue weighted by Gasteiger charge is 2.64. The van der Waals surface area contributed by atoms with Gasteiger partial charge in [-0.15, -0.1) is 11.8 Å². The molecule has 7 nitrogen and oxygen atoms in total. The number of hydrogen-bond donors (Lipinski definition) is 1. The molecule has 2 aromatic rings. The van der Waals surface area contributed by atoms with Crippen molar-refractivity contribution in [1.82, 2.24) is 10.2 Å². The Kier molecular flexibility index (Phi) is 6.15. The molecule has 0 bridgehead atoms. The van der Waals surface area contributed by atoms with Gasteiger partial charge in [0.05, 0.1) is 0 Å². The predicted octanol–water partition coefficient (Wildman–Crippen LogP) is 2.74. The summed E-state index contributed by atoms with van der Waals surface area (Å²) in [5.74, 6) is -0.516. The van der Waals surface area contributed by atoms with Crippen LogP contribution in [-0.2, 0) is 25.7 Å². The molecule has 32 heavy (non-hydrogen) atoms. The Morgan fingerprint density at radius 1 is 1.09 bits per heavy atom. The molecule has 2 aromatic carbocycles. The van der Waals surface area contributed by atoms with Crippen molar-refractivity contribution < 1.29 is 23.9 Å². The third kappa shape index (κ3) is 4.32. The lowest BCUT2D eigenvalue weighted by atomic mass is 9.96. The number of thioether (sulfide) groups is 1. The minimum atomic E-state index is -0.759. The van der Waals surface area contributed by atoms with Crippen LogP contribution in [0.5, 0.6) is 5.75 Å². The number of ether oxygens (including phenoxy) is 2. The van der Waals surface area contributed by atoms with Crippen LogP contribution in [0, 0.1) is 0 Å². The molecule has 2 amide bonds. The molecule has 0 aromatic heterocycles. The SMILES string of the molecule is CC(Oc1ccccc1)C(=O)NC1C(=O)N2C1SC(C)(C)C2C(=O)OCc1ccccc1. The fourth-order valence-electron chi connectivity index (χ4n) is 3.96. The van der Waals surface area contributed by atoms with Crippen molar-refractivity contribution in [2.75, 3.05) is 0 Å². The summed E-state index contributed by atoms with van der Waals surface area (Å²) in [5.41, 5.74) is 0.883. The molecule has 2 aliphatic rings. The molecule has 4 unspecified atom stereocenters. The second kappa shape index (κ2) is 8.86. The molecule has 0 spiro atoms. The van der Waals surface area contributed by atoms with Gasteiger partial charge in [-0.3, -0.25) is 9.59 Å². The minimum absolute atomic E-state index is 0.151. The smallest absolute Gasteiger partial charge is 0.330 e. The number of fused-ring (bicyclic) bond motifs is 1. The molecule has 2 heterocycles. The van der Waals surface area contributed by atoms with Gasteiger partial charge >= 0.3 is 5.97 Å². The van der Waals surface area contributed by atoms with Crippen LogP contribution in [0.4, 0.5) is 0 Å². The van der Waals surface area contributed by atoms with Gasteiger partial charge in [-0.05, 0) is 38.5 Å². The average Bonchev–Trinajstić information content (AvgIpc) is 3.04. The fourth-order valence-corrected chi connectivity index (χ4v) is 5.58. The average molecular weight is 455 g/mol.